The first-order valence-corrected chi connectivity index (χ1v) is 7.15. The smallest absolute Gasteiger partial charge is 0.132 e. The van der Waals surface area contributed by atoms with E-state index in [1.165, 1.54) is 0 Å². The lowest BCUT2D eigenvalue weighted by molar-refractivity contribution is 0.405. The van der Waals surface area contributed by atoms with Crippen molar-refractivity contribution in [2.75, 3.05) is 7.11 Å². The van der Waals surface area contributed by atoms with Gasteiger partial charge in [-0.2, -0.15) is 0 Å². The van der Waals surface area contributed by atoms with Gasteiger partial charge in [-0.15, -0.1) is 0 Å². The van der Waals surface area contributed by atoms with Gasteiger partial charge in [-0.1, -0.05) is 45.9 Å². The monoisotopic (exact) mass is 323 g/mol. The van der Waals surface area contributed by atoms with Crippen LogP contribution in [0.4, 0.5) is 0 Å². The fourth-order valence-electron chi connectivity index (χ4n) is 1.61. The van der Waals surface area contributed by atoms with Crippen LogP contribution in [-0.2, 0) is 6.54 Å². The maximum absolute atomic E-state index is 5.77. The summed E-state index contributed by atoms with van der Waals surface area (Å²) in [6, 6.07) is 14.1. The second-order valence-corrected chi connectivity index (χ2v) is 5.71. The first-order valence-electron chi connectivity index (χ1n) is 5.54. The molecule has 0 atom stereocenters. The summed E-state index contributed by atoms with van der Waals surface area (Å²) in [4.78, 5) is 2.24. The van der Waals surface area contributed by atoms with Crippen molar-refractivity contribution in [2.45, 2.75) is 16.3 Å². The van der Waals surface area contributed by atoms with E-state index in [9.17, 15) is 0 Å². The van der Waals surface area contributed by atoms with E-state index in [-0.39, 0.29) is 0 Å². The Bertz CT molecular complexity index is 545. The molecule has 0 bridgehead atoms. The number of benzene rings is 2. The molecule has 0 fully saturated rings. The Kier molecular flexibility index (Phi) is 4.69. The van der Waals surface area contributed by atoms with Crippen LogP contribution >= 0.6 is 27.7 Å². The fraction of sp³-hybridized carbons (Fsp3) is 0.143. The van der Waals surface area contributed by atoms with Crippen molar-refractivity contribution in [3.63, 3.8) is 0 Å². The van der Waals surface area contributed by atoms with Crippen molar-refractivity contribution in [2.24, 2.45) is 5.73 Å². The average molecular weight is 324 g/mol. The van der Waals surface area contributed by atoms with E-state index in [1.807, 2.05) is 36.4 Å². The zero-order chi connectivity index (χ0) is 13.0. The minimum absolute atomic E-state index is 0.533. The van der Waals surface area contributed by atoms with Crippen molar-refractivity contribution in [3.05, 3.63) is 52.5 Å². The molecule has 0 saturated carbocycles. The Hall–Kier alpha value is -0.970. The molecule has 2 N–H and O–H groups in total. The molecular formula is C14H14BrNOS. The maximum Gasteiger partial charge on any atom is 0.132 e. The number of nitrogens with two attached hydrogens (primary N) is 1. The largest absolute Gasteiger partial charge is 0.496 e. The summed E-state index contributed by atoms with van der Waals surface area (Å²) in [7, 11) is 1.68. The summed E-state index contributed by atoms with van der Waals surface area (Å²) in [5.41, 5.74) is 6.90. The van der Waals surface area contributed by atoms with Gasteiger partial charge >= 0.3 is 0 Å². The number of methoxy groups -OCH3 is 1. The molecule has 0 aliphatic rings. The van der Waals surface area contributed by atoms with Gasteiger partial charge in [0.1, 0.15) is 5.75 Å². The van der Waals surface area contributed by atoms with E-state index in [2.05, 4.69) is 22.0 Å². The quantitative estimate of drug-likeness (QED) is 0.921. The van der Waals surface area contributed by atoms with E-state index in [0.29, 0.717) is 6.54 Å². The number of ether oxygens (including phenoxy) is 1. The Balaban J connectivity index is 2.36. The van der Waals surface area contributed by atoms with Crippen LogP contribution in [0.15, 0.2) is 56.7 Å². The van der Waals surface area contributed by atoms with Gasteiger partial charge in [0.05, 0.1) is 12.0 Å². The zero-order valence-electron chi connectivity index (χ0n) is 10.0. The zero-order valence-corrected chi connectivity index (χ0v) is 12.4. The molecule has 0 aromatic heterocycles. The van der Waals surface area contributed by atoms with Crippen molar-refractivity contribution >= 4 is 27.7 Å². The summed E-state index contributed by atoms with van der Waals surface area (Å²) >= 11 is 5.16. The van der Waals surface area contributed by atoms with Crippen LogP contribution in [0.1, 0.15) is 5.56 Å². The lowest BCUT2D eigenvalue weighted by atomic mass is 10.2. The van der Waals surface area contributed by atoms with Gasteiger partial charge in [0, 0.05) is 15.9 Å². The third-order valence-electron chi connectivity index (χ3n) is 2.54. The van der Waals surface area contributed by atoms with Gasteiger partial charge in [0.2, 0.25) is 0 Å². The molecule has 18 heavy (non-hydrogen) atoms. The highest BCUT2D eigenvalue weighted by atomic mass is 79.9. The van der Waals surface area contributed by atoms with Crippen LogP contribution in [0, 0.1) is 0 Å². The first kappa shape index (κ1) is 13.5. The van der Waals surface area contributed by atoms with Crippen LogP contribution in [0.2, 0.25) is 0 Å². The van der Waals surface area contributed by atoms with Gasteiger partial charge in [0.25, 0.3) is 0 Å². The van der Waals surface area contributed by atoms with Crippen LogP contribution in [-0.4, -0.2) is 7.11 Å². The molecule has 4 heteroatoms. The number of hydrogen-bond acceptors (Lipinski definition) is 3. The number of para-hydroxylation sites is 1. The van der Waals surface area contributed by atoms with Gasteiger partial charge in [0.15, 0.2) is 0 Å². The van der Waals surface area contributed by atoms with Gasteiger partial charge in [-0.3, -0.25) is 0 Å². The van der Waals surface area contributed by atoms with E-state index in [4.69, 9.17) is 10.5 Å². The highest BCUT2D eigenvalue weighted by Crippen LogP contribution is 2.37. The lowest BCUT2D eigenvalue weighted by Crippen LogP contribution is -1.98. The molecule has 0 radical (unpaired) electrons. The minimum atomic E-state index is 0.533. The van der Waals surface area contributed by atoms with E-state index < -0.39 is 0 Å². The standard InChI is InChI=1S/C14H14BrNOS/c1-17-12-4-2-3-5-13(12)18-14-8-11(15)7-6-10(14)9-16/h2-8H,9,16H2,1H3. The average Bonchev–Trinajstić information content (AvgIpc) is 2.40. The molecule has 2 nitrogen and oxygen atoms in total. The number of halogens is 1. The van der Waals surface area contributed by atoms with Crippen LogP contribution < -0.4 is 10.5 Å². The van der Waals surface area contributed by atoms with Crippen LogP contribution in [0.3, 0.4) is 0 Å². The second kappa shape index (κ2) is 6.27. The molecule has 0 saturated heterocycles. The fourth-order valence-corrected chi connectivity index (χ4v) is 3.23. The third kappa shape index (κ3) is 3.07. The Labute approximate surface area is 120 Å². The minimum Gasteiger partial charge on any atom is -0.496 e. The molecule has 0 aliphatic carbocycles. The Morgan fingerprint density at radius 2 is 1.94 bits per heavy atom. The predicted octanol–water partition coefficient (Wildman–Crippen LogP) is 4.07. The normalized spacial score (nSPS) is 10.4. The molecule has 0 amide bonds. The van der Waals surface area contributed by atoms with Gasteiger partial charge in [-0.25, -0.2) is 0 Å². The highest BCUT2D eigenvalue weighted by molar-refractivity contribution is 9.10. The summed E-state index contributed by atoms with van der Waals surface area (Å²) < 4.78 is 6.41. The summed E-state index contributed by atoms with van der Waals surface area (Å²) in [6.07, 6.45) is 0. The van der Waals surface area contributed by atoms with Gasteiger partial charge < -0.3 is 10.5 Å². The van der Waals surface area contributed by atoms with Crippen LogP contribution in [0.5, 0.6) is 5.75 Å². The summed E-state index contributed by atoms with van der Waals surface area (Å²) in [5.74, 6) is 0.880. The third-order valence-corrected chi connectivity index (χ3v) is 4.19. The molecule has 0 heterocycles. The molecule has 0 unspecified atom stereocenters. The Morgan fingerprint density at radius 1 is 1.17 bits per heavy atom. The molecule has 0 spiro atoms. The van der Waals surface area contributed by atoms with E-state index in [0.717, 1.165) is 25.6 Å². The SMILES string of the molecule is COc1ccccc1Sc1cc(Br)ccc1CN. The number of rotatable bonds is 4. The summed E-state index contributed by atoms with van der Waals surface area (Å²) in [6.45, 7) is 0.533. The molecule has 94 valence electrons. The molecular weight excluding hydrogens is 310 g/mol. The van der Waals surface area contributed by atoms with E-state index >= 15 is 0 Å². The molecule has 2 rings (SSSR count). The van der Waals surface area contributed by atoms with Gasteiger partial charge in [-0.05, 0) is 29.8 Å². The number of hydrogen-bond donors (Lipinski definition) is 1. The van der Waals surface area contributed by atoms with Crippen molar-refractivity contribution < 1.29 is 4.74 Å². The Morgan fingerprint density at radius 3 is 2.67 bits per heavy atom. The topological polar surface area (TPSA) is 35.2 Å². The second-order valence-electron chi connectivity index (χ2n) is 3.71. The van der Waals surface area contributed by atoms with Crippen molar-refractivity contribution in [1.29, 1.82) is 0 Å². The van der Waals surface area contributed by atoms with E-state index in [1.54, 1.807) is 18.9 Å². The molecule has 0 aliphatic heterocycles. The molecule has 2 aromatic carbocycles. The highest BCUT2D eigenvalue weighted by Gasteiger charge is 2.08. The lowest BCUT2D eigenvalue weighted by Gasteiger charge is -2.11. The maximum atomic E-state index is 5.77. The first-order chi connectivity index (χ1) is 8.74. The van der Waals surface area contributed by atoms with Crippen molar-refractivity contribution in [3.8, 4) is 5.75 Å². The molecule has 2 aromatic rings. The van der Waals surface area contributed by atoms with Crippen LogP contribution in [0.25, 0.3) is 0 Å². The summed E-state index contributed by atoms with van der Waals surface area (Å²) in [5, 5.41) is 0. The van der Waals surface area contributed by atoms with Crippen molar-refractivity contribution in [1.82, 2.24) is 0 Å². The predicted molar refractivity (Wildman–Crippen MR) is 79.2 cm³/mol.